The lowest BCUT2D eigenvalue weighted by Crippen LogP contribution is -2.53. The summed E-state index contributed by atoms with van der Waals surface area (Å²) >= 11 is 0. The average molecular weight is 568 g/mol. The van der Waals surface area contributed by atoms with Gasteiger partial charge in [0, 0.05) is 51.4 Å². The molecule has 2 aromatic rings. The van der Waals surface area contributed by atoms with Crippen LogP contribution in [-0.2, 0) is 10.2 Å². The van der Waals surface area contributed by atoms with Gasteiger partial charge in [0.25, 0.3) is 0 Å². The Hall–Kier alpha value is -2.07. The summed E-state index contributed by atoms with van der Waals surface area (Å²) in [7, 11) is 0. The zero-order chi connectivity index (χ0) is 22.4. The average Bonchev–Trinajstić information content (AvgIpc) is 2.83. The van der Waals surface area contributed by atoms with Crippen LogP contribution >= 0.6 is 24.0 Å². The van der Waals surface area contributed by atoms with Crippen LogP contribution in [0.15, 0.2) is 53.5 Å². The summed E-state index contributed by atoms with van der Waals surface area (Å²) in [5, 5.41) is 13.6. The zero-order valence-corrected chi connectivity index (χ0v) is 21.5. The molecule has 2 aliphatic rings. The number of hydrogen-bond donors (Lipinski definition) is 2. The molecule has 2 aliphatic heterocycles. The van der Waals surface area contributed by atoms with Gasteiger partial charge < -0.3 is 25.0 Å². The SMILES string of the molecule is CCNC(=NCC1(c2ccc(F)cc2)CCOCC1)N1CCN(c2ccccc2O)CC1.I. The fraction of sp³-hybridized carbons (Fsp3) is 0.480. The standard InChI is InChI=1S/C25H33FN4O2.HI/c1-2-27-24(30-15-13-29(14-16-30)22-5-3-4-6-23(22)31)28-19-25(11-17-32-18-12-25)20-7-9-21(26)10-8-20;/h3-10,31H,2,11-19H2,1H3,(H,27,28);1H. The summed E-state index contributed by atoms with van der Waals surface area (Å²) in [6.45, 7) is 8.20. The van der Waals surface area contributed by atoms with Crippen molar-refractivity contribution >= 4 is 35.6 Å². The molecule has 2 fully saturated rings. The van der Waals surface area contributed by atoms with Gasteiger partial charge in [-0.1, -0.05) is 24.3 Å². The van der Waals surface area contributed by atoms with E-state index in [9.17, 15) is 9.50 Å². The summed E-state index contributed by atoms with van der Waals surface area (Å²) in [4.78, 5) is 9.57. The van der Waals surface area contributed by atoms with E-state index < -0.39 is 0 Å². The van der Waals surface area contributed by atoms with Gasteiger partial charge in [-0.05, 0) is 49.6 Å². The molecule has 180 valence electrons. The molecule has 0 radical (unpaired) electrons. The molecular formula is C25H34FIN4O2. The Kier molecular flexibility index (Phi) is 9.19. The van der Waals surface area contributed by atoms with E-state index in [0.29, 0.717) is 25.5 Å². The third kappa shape index (κ3) is 6.09. The number of aromatic hydroxyl groups is 1. The van der Waals surface area contributed by atoms with E-state index in [4.69, 9.17) is 9.73 Å². The second-order valence-corrected chi connectivity index (χ2v) is 8.53. The smallest absolute Gasteiger partial charge is 0.194 e. The van der Waals surface area contributed by atoms with Crippen LogP contribution in [0, 0.1) is 5.82 Å². The first-order valence-electron chi connectivity index (χ1n) is 11.5. The van der Waals surface area contributed by atoms with Crippen molar-refractivity contribution in [1.29, 1.82) is 0 Å². The number of anilines is 1. The van der Waals surface area contributed by atoms with E-state index in [1.54, 1.807) is 18.2 Å². The summed E-state index contributed by atoms with van der Waals surface area (Å²) in [5.41, 5.74) is 1.88. The highest BCUT2D eigenvalue weighted by Crippen LogP contribution is 2.35. The Morgan fingerprint density at radius 3 is 2.36 bits per heavy atom. The molecule has 6 nitrogen and oxygen atoms in total. The molecule has 0 saturated carbocycles. The van der Waals surface area contributed by atoms with E-state index >= 15 is 0 Å². The number of phenolic OH excluding ortho intramolecular Hbond substituents is 1. The zero-order valence-electron chi connectivity index (χ0n) is 19.2. The van der Waals surface area contributed by atoms with Crippen molar-refractivity contribution < 1.29 is 14.2 Å². The van der Waals surface area contributed by atoms with E-state index in [1.165, 1.54) is 0 Å². The minimum Gasteiger partial charge on any atom is -0.506 e. The molecule has 0 aromatic heterocycles. The monoisotopic (exact) mass is 568 g/mol. The molecular weight excluding hydrogens is 534 g/mol. The number of phenols is 1. The summed E-state index contributed by atoms with van der Waals surface area (Å²) < 4.78 is 19.2. The molecule has 0 amide bonds. The molecule has 2 heterocycles. The highest BCUT2D eigenvalue weighted by atomic mass is 127. The molecule has 0 bridgehead atoms. The van der Waals surface area contributed by atoms with Crippen molar-refractivity contribution in [1.82, 2.24) is 10.2 Å². The van der Waals surface area contributed by atoms with Gasteiger partial charge >= 0.3 is 0 Å². The topological polar surface area (TPSA) is 60.3 Å². The number of nitrogens with one attached hydrogen (secondary N) is 1. The van der Waals surface area contributed by atoms with Gasteiger partial charge in [-0.3, -0.25) is 4.99 Å². The first-order valence-corrected chi connectivity index (χ1v) is 11.5. The van der Waals surface area contributed by atoms with E-state index in [2.05, 4.69) is 22.0 Å². The molecule has 2 N–H and O–H groups in total. The lowest BCUT2D eigenvalue weighted by Gasteiger charge is -2.39. The largest absolute Gasteiger partial charge is 0.506 e. The normalized spacial score (nSPS) is 18.5. The van der Waals surface area contributed by atoms with Crippen LogP contribution in [0.25, 0.3) is 0 Å². The number of ether oxygens (including phenoxy) is 1. The molecule has 0 aliphatic carbocycles. The number of para-hydroxylation sites is 2. The molecule has 0 spiro atoms. The van der Waals surface area contributed by atoms with Crippen molar-refractivity contribution in [3.63, 3.8) is 0 Å². The third-order valence-corrected chi connectivity index (χ3v) is 6.57. The Morgan fingerprint density at radius 1 is 1.06 bits per heavy atom. The Labute approximate surface area is 212 Å². The quantitative estimate of drug-likeness (QED) is 0.325. The van der Waals surface area contributed by atoms with Crippen LogP contribution in [0.3, 0.4) is 0 Å². The van der Waals surface area contributed by atoms with Crippen LogP contribution in [0.4, 0.5) is 10.1 Å². The number of aliphatic imine (C=N–C) groups is 1. The third-order valence-electron chi connectivity index (χ3n) is 6.57. The fourth-order valence-electron chi connectivity index (χ4n) is 4.65. The maximum Gasteiger partial charge on any atom is 0.194 e. The van der Waals surface area contributed by atoms with Crippen molar-refractivity contribution in [2.24, 2.45) is 4.99 Å². The number of guanidine groups is 1. The van der Waals surface area contributed by atoms with Crippen LogP contribution < -0.4 is 10.2 Å². The number of rotatable bonds is 5. The maximum absolute atomic E-state index is 13.5. The molecule has 4 rings (SSSR count). The van der Waals surface area contributed by atoms with Crippen molar-refractivity contribution in [3.8, 4) is 5.75 Å². The number of hydrogen-bond acceptors (Lipinski definition) is 4. The minimum atomic E-state index is -0.213. The van der Waals surface area contributed by atoms with Crippen LogP contribution in [0.2, 0.25) is 0 Å². The maximum atomic E-state index is 13.5. The van der Waals surface area contributed by atoms with E-state index in [1.807, 2.05) is 30.3 Å². The van der Waals surface area contributed by atoms with Gasteiger partial charge in [-0.25, -0.2) is 4.39 Å². The summed E-state index contributed by atoms with van der Waals surface area (Å²) in [5.74, 6) is 1.02. The van der Waals surface area contributed by atoms with Crippen LogP contribution in [-0.4, -0.2) is 68.4 Å². The first-order chi connectivity index (χ1) is 15.6. The van der Waals surface area contributed by atoms with Crippen molar-refractivity contribution in [3.05, 3.63) is 59.9 Å². The molecule has 2 aromatic carbocycles. The second-order valence-electron chi connectivity index (χ2n) is 8.53. The predicted octanol–water partition coefficient (Wildman–Crippen LogP) is 3.99. The van der Waals surface area contributed by atoms with Gasteiger partial charge in [-0.15, -0.1) is 24.0 Å². The number of benzene rings is 2. The first kappa shape index (κ1) is 25.6. The predicted molar refractivity (Wildman–Crippen MR) is 141 cm³/mol. The van der Waals surface area contributed by atoms with Gasteiger partial charge in [0.2, 0.25) is 0 Å². The molecule has 0 unspecified atom stereocenters. The molecule has 2 saturated heterocycles. The molecule has 33 heavy (non-hydrogen) atoms. The van der Waals surface area contributed by atoms with E-state index in [-0.39, 0.29) is 35.2 Å². The van der Waals surface area contributed by atoms with E-state index in [0.717, 1.165) is 62.8 Å². The lowest BCUT2D eigenvalue weighted by atomic mass is 9.74. The van der Waals surface area contributed by atoms with Gasteiger partial charge in [-0.2, -0.15) is 0 Å². The van der Waals surface area contributed by atoms with Gasteiger partial charge in [0.05, 0.1) is 12.2 Å². The molecule has 0 atom stereocenters. The highest BCUT2D eigenvalue weighted by Gasteiger charge is 2.35. The Morgan fingerprint density at radius 2 is 1.73 bits per heavy atom. The summed E-state index contributed by atoms with van der Waals surface area (Å²) in [6, 6.07) is 14.4. The summed E-state index contributed by atoms with van der Waals surface area (Å²) in [6.07, 6.45) is 1.76. The van der Waals surface area contributed by atoms with Crippen LogP contribution in [0.1, 0.15) is 25.3 Å². The fourth-order valence-corrected chi connectivity index (χ4v) is 4.65. The second kappa shape index (κ2) is 11.9. The minimum absolute atomic E-state index is 0. The van der Waals surface area contributed by atoms with Crippen LogP contribution in [0.5, 0.6) is 5.75 Å². The van der Waals surface area contributed by atoms with Gasteiger partial charge in [0.15, 0.2) is 5.96 Å². The number of nitrogens with zero attached hydrogens (tertiary/aromatic N) is 3. The van der Waals surface area contributed by atoms with Gasteiger partial charge in [0.1, 0.15) is 11.6 Å². The highest BCUT2D eigenvalue weighted by molar-refractivity contribution is 14.0. The Bertz CT molecular complexity index is 911. The Balaban J connectivity index is 0.00000306. The number of halogens is 2. The number of piperazine rings is 1. The van der Waals surface area contributed by atoms with Crippen molar-refractivity contribution in [2.75, 3.05) is 57.4 Å². The van der Waals surface area contributed by atoms with Crippen molar-refractivity contribution in [2.45, 2.75) is 25.2 Å². The lowest BCUT2D eigenvalue weighted by molar-refractivity contribution is 0.0530. The molecule has 8 heteroatoms.